The van der Waals surface area contributed by atoms with Gasteiger partial charge in [0.2, 0.25) is 0 Å². The molecule has 3 nitrogen and oxygen atoms in total. The Kier molecular flexibility index (Phi) is 4.52. The van der Waals surface area contributed by atoms with E-state index in [4.69, 9.17) is 11.6 Å². The third-order valence-corrected chi connectivity index (χ3v) is 3.83. The van der Waals surface area contributed by atoms with Crippen LogP contribution < -0.4 is 5.32 Å². The lowest BCUT2D eigenvalue weighted by atomic mass is 9.95. The van der Waals surface area contributed by atoms with Gasteiger partial charge in [0, 0.05) is 17.5 Å². The van der Waals surface area contributed by atoms with E-state index in [1.54, 1.807) is 0 Å². The predicted molar refractivity (Wildman–Crippen MR) is 89.0 cm³/mol. The van der Waals surface area contributed by atoms with Crippen LogP contribution in [0.4, 0.5) is 5.82 Å². The summed E-state index contributed by atoms with van der Waals surface area (Å²) < 4.78 is 0. The molecule has 4 heteroatoms. The van der Waals surface area contributed by atoms with E-state index in [-0.39, 0.29) is 5.41 Å². The molecule has 0 amide bonds. The largest absolute Gasteiger partial charge is 0.366 e. The van der Waals surface area contributed by atoms with Gasteiger partial charge < -0.3 is 5.32 Å². The highest BCUT2D eigenvalue weighted by atomic mass is 35.5. The average Bonchev–Trinajstić information content (AvgIpc) is 2.40. The predicted octanol–water partition coefficient (Wildman–Crippen LogP) is 4.66. The van der Waals surface area contributed by atoms with Crippen molar-refractivity contribution >= 4 is 17.4 Å². The molecule has 0 bridgehead atoms. The standard InChI is InChI=1S/C17H22ClN3/c1-11-8-6-7-9-13(11)10-19-15-12(2)14(18)20-16(21-15)17(3,4)5/h6-9H,10H2,1-5H3,(H,19,20,21). The number of nitrogens with one attached hydrogen (secondary N) is 1. The normalized spacial score (nSPS) is 11.5. The highest BCUT2D eigenvalue weighted by Crippen LogP contribution is 2.26. The second kappa shape index (κ2) is 6.02. The maximum absolute atomic E-state index is 6.25. The average molecular weight is 304 g/mol. The van der Waals surface area contributed by atoms with Crippen molar-refractivity contribution < 1.29 is 0 Å². The van der Waals surface area contributed by atoms with Gasteiger partial charge in [-0.3, -0.25) is 0 Å². The van der Waals surface area contributed by atoms with E-state index >= 15 is 0 Å². The molecule has 0 saturated heterocycles. The van der Waals surface area contributed by atoms with Crippen LogP contribution in [0.2, 0.25) is 5.15 Å². The Morgan fingerprint density at radius 1 is 1.10 bits per heavy atom. The first kappa shape index (κ1) is 15.8. The molecule has 1 N–H and O–H groups in total. The summed E-state index contributed by atoms with van der Waals surface area (Å²) in [6, 6.07) is 8.32. The maximum atomic E-state index is 6.25. The number of rotatable bonds is 3. The fourth-order valence-electron chi connectivity index (χ4n) is 1.98. The summed E-state index contributed by atoms with van der Waals surface area (Å²) in [6.45, 7) is 11.0. The lowest BCUT2D eigenvalue weighted by Crippen LogP contribution is -2.18. The number of benzene rings is 1. The zero-order valence-electron chi connectivity index (χ0n) is 13.3. The van der Waals surface area contributed by atoms with Gasteiger partial charge in [0.25, 0.3) is 0 Å². The summed E-state index contributed by atoms with van der Waals surface area (Å²) in [6.07, 6.45) is 0. The van der Waals surface area contributed by atoms with Gasteiger partial charge in [-0.1, -0.05) is 56.6 Å². The second-order valence-corrected chi connectivity index (χ2v) is 6.70. The molecular formula is C17H22ClN3. The van der Waals surface area contributed by atoms with Gasteiger partial charge in [-0.25, -0.2) is 9.97 Å². The molecule has 1 aromatic carbocycles. The Balaban J connectivity index is 2.28. The molecule has 0 unspecified atom stereocenters. The van der Waals surface area contributed by atoms with E-state index in [1.165, 1.54) is 11.1 Å². The summed E-state index contributed by atoms with van der Waals surface area (Å²) in [4.78, 5) is 9.03. The zero-order valence-corrected chi connectivity index (χ0v) is 14.0. The lowest BCUT2D eigenvalue weighted by molar-refractivity contribution is 0.545. The van der Waals surface area contributed by atoms with Crippen molar-refractivity contribution in [1.29, 1.82) is 0 Å². The number of hydrogen-bond acceptors (Lipinski definition) is 3. The fraction of sp³-hybridized carbons (Fsp3) is 0.412. The minimum Gasteiger partial charge on any atom is -0.366 e. The molecule has 21 heavy (non-hydrogen) atoms. The van der Waals surface area contributed by atoms with Crippen LogP contribution in [0.15, 0.2) is 24.3 Å². The summed E-state index contributed by atoms with van der Waals surface area (Å²) in [7, 11) is 0. The number of aryl methyl sites for hydroxylation is 1. The molecule has 0 atom stereocenters. The zero-order chi connectivity index (χ0) is 15.6. The Morgan fingerprint density at radius 3 is 2.38 bits per heavy atom. The van der Waals surface area contributed by atoms with Gasteiger partial charge in [-0.05, 0) is 25.0 Å². The first-order valence-corrected chi connectivity index (χ1v) is 7.50. The third-order valence-electron chi connectivity index (χ3n) is 3.46. The minimum atomic E-state index is -0.129. The van der Waals surface area contributed by atoms with Gasteiger partial charge in [-0.15, -0.1) is 0 Å². The van der Waals surface area contributed by atoms with Crippen molar-refractivity contribution in [3.8, 4) is 0 Å². The van der Waals surface area contributed by atoms with Crippen LogP contribution in [0.1, 0.15) is 43.3 Å². The molecule has 0 aliphatic carbocycles. The van der Waals surface area contributed by atoms with Gasteiger partial charge in [0.1, 0.15) is 16.8 Å². The fourth-order valence-corrected chi connectivity index (χ4v) is 2.15. The van der Waals surface area contributed by atoms with Crippen LogP contribution in [0.3, 0.4) is 0 Å². The Morgan fingerprint density at radius 2 is 1.76 bits per heavy atom. The van der Waals surface area contributed by atoms with Crippen LogP contribution in [0.5, 0.6) is 0 Å². The van der Waals surface area contributed by atoms with Crippen molar-refractivity contribution in [3.63, 3.8) is 0 Å². The van der Waals surface area contributed by atoms with Crippen LogP contribution >= 0.6 is 11.6 Å². The number of nitrogens with zero attached hydrogens (tertiary/aromatic N) is 2. The molecule has 2 aromatic rings. The molecule has 0 radical (unpaired) electrons. The Labute approximate surface area is 131 Å². The number of hydrogen-bond donors (Lipinski definition) is 1. The number of aromatic nitrogens is 2. The highest BCUT2D eigenvalue weighted by molar-refractivity contribution is 6.30. The summed E-state index contributed by atoms with van der Waals surface area (Å²) in [5.74, 6) is 1.56. The van der Waals surface area contributed by atoms with Gasteiger partial charge >= 0.3 is 0 Å². The van der Waals surface area contributed by atoms with E-state index < -0.39 is 0 Å². The molecule has 0 aliphatic rings. The smallest absolute Gasteiger partial charge is 0.137 e. The lowest BCUT2D eigenvalue weighted by Gasteiger charge is -2.19. The van der Waals surface area contributed by atoms with Crippen molar-refractivity contribution in [2.24, 2.45) is 0 Å². The van der Waals surface area contributed by atoms with E-state index in [0.29, 0.717) is 5.15 Å². The second-order valence-electron chi connectivity index (χ2n) is 6.34. The molecule has 2 rings (SSSR count). The monoisotopic (exact) mass is 303 g/mol. The maximum Gasteiger partial charge on any atom is 0.137 e. The molecule has 0 saturated carbocycles. The molecule has 0 spiro atoms. The van der Waals surface area contributed by atoms with Gasteiger partial charge in [0.05, 0.1) is 0 Å². The van der Waals surface area contributed by atoms with E-state index in [1.807, 2.05) is 19.1 Å². The first-order chi connectivity index (χ1) is 9.79. The number of anilines is 1. The van der Waals surface area contributed by atoms with Crippen molar-refractivity contribution in [1.82, 2.24) is 9.97 Å². The van der Waals surface area contributed by atoms with E-state index in [0.717, 1.165) is 23.8 Å². The van der Waals surface area contributed by atoms with Crippen LogP contribution in [0, 0.1) is 13.8 Å². The minimum absolute atomic E-state index is 0.129. The van der Waals surface area contributed by atoms with Crippen LogP contribution in [0.25, 0.3) is 0 Å². The van der Waals surface area contributed by atoms with Crippen molar-refractivity contribution in [2.45, 2.75) is 46.6 Å². The van der Waals surface area contributed by atoms with Crippen molar-refractivity contribution in [2.75, 3.05) is 5.32 Å². The molecule has 0 aliphatic heterocycles. The van der Waals surface area contributed by atoms with E-state index in [2.05, 4.69) is 55.1 Å². The molecule has 1 aromatic heterocycles. The van der Waals surface area contributed by atoms with Crippen molar-refractivity contribution in [3.05, 3.63) is 51.9 Å². The molecular weight excluding hydrogens is 282 g/mol. The Hall–Kier alpha value is -1.61. The SMILES string of the molecule is Cc1ccccc1CNc1nc(C(C)(C)C)nc(Cl)c1C. The first-order valence-electron chi connectivity index (χ1n) is 7.12. The third kappa shape index (κ3) is 3.73. The number of halogens is 1. The quantitative estimate of drug-likeness (QED) is 0.838. The van der Waals surface area contributed by atoms with Crippen LogP contribution in [-0.4, -0.2) is 9.97 Å². The highest BCUT2D eigenvalue weighted by Gasteiger charge is 2.20. The summed E-state index contributed by atoms with van der Waals surface area (Å²) in [5, 5.41) is 3.90. The Bertz CT molecular complexity index is 645. The molecule has 0 fully saturated rings. The van der Waals surface area contributed by atoms with Gasteiger partial charge in [-0.2, -0.15) is 0 Å². The molecule has 112 valence electrons. The van der Waals surface area contributed by atoms with E-state index in [9.17, 15) is 0 Å². The summed E-state index contributed by atoms with van der Waals surface area (Å²) in [5.41, 5.74) is 3.28. The summed E-state index contributed by atoms with van der Waals surface area (Å²) >= 11 is 6.25. The van der Waals surface area contributed by atoms with Crippen LogP contribution in [-0.2, 0) is 12.0 Å². The van der Waals surface area contributed by atoms with Gasteiger partial charge in [0.15, 0.2) is 0 Å². The molecule has 1 heterocycles. The topological polar surface area (TPSA) is 37.8 Å².